The van der Waals surface area contributed by atoms with Crippen LogP contribution in [0.15, 0.2) is 42.5 Å². The standard InChI is InChI=1S/C29H34F3N3O4S/c1-4-37-15-5-6-16-38-17-7-8-18-39-24-13-11-22(12-14-24)35-27(40)34(26(36)28(35,2)3)23-10-9-21(20-33)25(19-23)29(30,31)32/h9-14,19H,4-8,15-18H2,1-3H3. The summed E-state index contributed by atoms with van der Waals surface area (Å²) >= 11 is 5.57. The van der Waals surface area contributed by atoms with E-state index in [0.717, 1.165) is 62.5 Å². The zero-order valence-corrected chi connectivity index (χ0v) is 23.7. The lowest BCUT2D eigenvalue weighted by atomic mass is 10.0. The highest BCUT2D eigenvalue weighted by atomic mass is 32.1. The zero-order valence-electron chi connectivity index (χ0n) is 22.9. The van der Waals surface area contributed by atoms with E-state index in [2.05, 4.69) is 0 Å². The molecule has 0 N–H and O–H groups in total. The summed E-state index contributed by atoms with van der Waals surface area (Å²) < 4.78 is 57.3. The number of carbonyl (C=O) groups is 1. The Balaban J connectivity index is 1.59. The number of hydrogen-bond acceptors (Lipinski definition) is 6. The van der Waals surface area contributed by atoms with E-state index in [1.165, 1.54) is 6.07 Å². The number of thiocarbonyl (C=S) groups is 1. The van der Waals surface area contributed by atoms with E-state index in [9.17, 15) is 18.0 Å². The quantitative estimate of drug-likeness (QED) is 0.188. The first-order valence-electron chi connectivity index (χ1n) is 13.2. The second kappa shape index (κ2) is 13.9. The molecule has 0 aliphatic carbocycles. The summed E-state index contributed by atoms with van der Waals surface area (Å²) in [5.74, 6) is 0.167. The Morgan fingerprint density at radius 2 is 1.50 bits per heavy atom. The number of halogens is 3. The van der Waals surface area contributed by atoms with Crippen molar-refractivity contribution in [2.45, 2.75) is 58.2 Å². The molecule has 3 rings (SSSR count). The number of rotatable bonds is 14. The van der Waals surface area contributed by atoms with Crippen LogP contribution < -0.4 is 14.5 Å². The fourth-order valence-electron chi connectivity index (χ4n) is 4.30. The van der Waals surface area contributed by atoms with Gasteiger partial charge < -0.3 is 19.1 Å². The Labute approximate surface area is 238 Å². The topological polar surface area (TPSA) is 75.0 Å². The van der Waals surface area contributed by atoms with Crippen molar-refractivity contribution in [1.82, 2.24) is 0 Å². The molecule has 40 heavy (non-hydrogen) atoms. The third-order valence-corrected chi connectivity index (χ3v) is 6.80. The predicted octanol–water partition coefficient (Wildman–Crippen LogP) is 6.49. The van der Waals surface area contributed by atoms with Gasteiger partial charge in [0.2, 0.25) is 0 Å². The SMILES string of the molecule is CCOCCCCOCCCCOc1ccc(N2C(=S)N(c3ccc(C#N)c(C(F)(F)F)c3)C(=O)C2(C)C)cc1. The zero-order chi connectivity index (χ0) is 29.3. The van der Waals surface area contributed by atoms with E-state index in [1.807, 2.05) is 6.92 Å². The number of nitrogens with zero attached hydrogens (tertiary/aromatic N) is 3. The maximum atomic E-state index is 13.5. The number of nitriles is 1. The molecule has 2 aromatic carbocycles. The highest BCUT2D eigenvalue weighted by Gasteiger charge is 2.50. The van der Waals surface area contributed by atoms with Crippen LogP contribution in [0.2, 0.25) is 0 Å². The molecule has 0 unspecified atom stereocenters. The highest BCUT2D eigenvalue weighted by Crippen LogP contribution is 2.39. The van der Waals surface area contributed by atoms with Crippen LogP contribution >= 0.6 is 12.2 Å². The molecule has 0 aromatic heterocycles. The molecular weight excluding hydrogens is 543 g/mol. The van der Waals surface area contributed by atoms with Crippen LogP contribution in [0.3, 0.4) is 0 Å². The van der Waals surface area contributed by atoms with Crippen LogP contribution in [0.25, 0.3) is 0 Å². The van der Waals surface area contributed by atoms with Crippen LogP contribution in [0.1, 0.15) is 57.6 Å². The average molecular weight is 578 g/mol. The summed E-state index contributed by atoms with van der Waals surface area (Å²) in [6.45, 7) is 8.71. The normalized spacial score (nSPS) is 15.0. The van der Waals surface area contributed by atoms with Crippen LogP contribution in [0.5, 0.6) is 5.75 Å². The molecule has 1 fully saturated rings. The molecule has 2 aromatic rings. The van der Waals surface area contributed by atoms with E-state index in [1.54, 1.807) is 49.1 Å². The van der Waals surface area contributed by atoms with E-state index < -0.39 is 28.7 Å². The van der Waals surface area contributed by atoms with E-state index in [4.69, 9.17) is 31.7 Å². The van der Waals surface area contributed by atoms with Gasteiger partial charge in [-0.25, -0.2) is 0 Å². The van der Waals surface area contributed by atoms with Crippen LogP contribution in [-0.4, -0.2) is 49.6 Å². The largest absolute Gasteiger partial charge is 0.494 e. The summed E-state index contributed by atoms with van der Waals surface area (Å²) in [6.07, 6.45) is -1.08. The van der Waals surface area contributed by atoms with Gasteiger partial charge in [-0.3, -0.25) is 9.69 Å². The van der Waals surface area contributed by atoms with Crippen molar-refractivity contribution < 1.29 is 32.2 Å². The lowest BCUT2D eigenvalue weighted by molar-refractivity contribution is -0.137. The van der Waals surface area contributed by atoms with E-state index >= 15 is 0 Å². The Kier molecular flexibility index (Phi) is 10.9. The molecule has 216 valence electrons. The van der Waals surface area contributed by atoms with Gasteiger partial charge in [-0.2, -0.15) is 18.4 Å². The third kappa shape index (κ3) is 7.50. The fraction of sp³-hybridized carbons (Fsp3) is 0.483. The van der Waals surface area contributed by atoms with Crippen molar-refractivity contribution in [2.75, 3.05) is 42.8 Å². The van der Waals surface area contributed by atoms with Crippen molar-refractivity contribution in [3.8, 4) is 11.8 Å². The van der Waals surface area contributed by atoms with Gasteiger partial charge in [-0.15, -0.1) is 0 Å². The number of anilines is 2. The Bertz CT molecular complexity index is 1210. The summed E-state index contributed by atoms with van der Waals surface area (Å²) in [5.41, 5.74) is -2.26. The van der Waals surface area contributed by atoms with Crippen molar-refractivity contribution in [3.63, 3.8) is 0 Å². The maximum Gasteiger partial charge on any atom is 0.417 e. The first-order valence-corrected chi connectivity index (χ1v) is 13.6. The molecule has 1 heterocycles. The molecule has 11 heteroatoms. The monoisotopic (exact) mass is 577 g/mol. The van der Waals surface area contributed by atoms with Crippen LogP contribution in [-0.2, 0) is 20.4 Å². The lowest BCUT2D eigenvalue weighted by Gasteiger charge is -2.29. The number of hydrogen-bond donors (Lipinski definition) is 0. The van der Waals surface area contributed by atoms with Crippen molar-refractivity contribution in [1.29, 1.82) is 5.26 Å². The van der Waals surface area contributed by atoms with Crippen LogP contribution in [0.4, 0.5) is 24.5 Å². The number of ether oxygens (including phenoxy) is 3. The minimum atomic E-state index is -4.76. The first kappa shape index (κ1) is 31.3. The molecule has 0 bridgehead atoms. The molecule has 0 spiro atoms. The minimum absolute atomic E-state index is 0.0411. The second-order valence-electron chi connectivity index (χ2n) is 9.72. The van der Waals surface area contributed by atoms with Gasteiger partial charge >= 0.3 is 6.18 Å². The summed E-state index contributed by atoms with van der Waals surface area (Å²) in [7, 11) is 0. The van der Waals surface area contributed by atoms with Gasteiger partial charge in [-0.1, -0.05) is 0 Å². The summed E-state index contributed by atoms with van der Waals surface area (Å²) in [5, 5.41) is 9.14. The molecule has 1 amide bonds. The molecule has 0 radical (unpaired) electrons. The number of carbonyl (C=O) groups excluding carboxylic acids is 1. The smallest absolute Gasteiger partial charge is 0.417 e. The maximum absolute atomic E-state index is 13.5. The van der Waals surface area contributed by atoms with Gasteiger partial charge in [0.25, 0.3) is 5.91 Å². The molecule has 1 saturated heterocycles. The van der Waals surface area contributed by atoms with Crippen molar-refractivity contribution in [3.05, 3.63) is 53.6 Å². The average Bonchev–Trinajstić information content (AvgIpc) is 3.09. The number of benzene rings is 2. The van der Waals surface area contributed by atoms with Crippen molar-refractivity contribution >= 4 is 34.6 Å². The second-order valence-corrected chi connectivity index (χ2v) is 10.1. The van der Waals surface area contributed by atoms with E-state index in [0.29, 0.717) is 24.7 Å². The molecular formula is C29H34F3N3O4S. The fourth-order valence-corrected chi connectivity index (χ4v) is 4.82. The van der Waals surface area contributed by atoms with Gasteiger partial charge in [0.1, 0.15) is 11.3 Å². The molecule has 7 nitrogen and oxygen atoms in total. The van der Waals surface area contributed by atoms with Gasteiger partial charge in [0.05, 0.1) is 29.5 Å². The first-order chi connectivity index (χ1) is 19.0. The molecule has 0 saturated carbocycles. The molecule has 1 aliphatic heterocycles. The lowest BCUT2D eigenvalue weighted by Crippen LogP contribution is -2.44. The summed E-state index contributed by atoms with van der Waals surface area (Å²) in [4.78, 5) is 16.0. The Morgan fingerprint density at radius 1 is 0.925 bits per heavy atom. The number of alkyl halides is 3. The van der Waals surface area contributed by atoms with E-state index in [-0.39, 0.29) is 10.8 Å². The minimum Gasteiger partial charge on any atom is -0.494 e. The summed E-state index contributed by atoms with van der Waals surface area (Å²) in [6, 6.07) is 11.7. The third-order valence-electron chi connectivity index (χ3n) is 6.43. The van der Waals surface area contributed by atoms with Crippen LogP contribution in [0, 0.1) is 11.3 Å². The van der Waals surface area contributed by atoms with Gasteiger partial charge in [0.15, 0.2) is 5.11 Å². The number of unbranched alkanes of at least 4 members (excludes halogenated alkanes) is 2. The number of amides is 1. The Hall–Kier alpha value is -3.20. The predicted molar refractivity (Wildman–Crippen MR) is 151 cm³/mol. The van der Waals surface area contributed by atoms with Gasteiger partial charge in [0, 0.05) is 32.1 Å². The highest BCUT2D eigenvalue weighted by molar-refractivity contribution is 7.81. The molecule has 0 atom stereocenters. The van der Waals surface area contributed by atoms with Crippen molar-refractivity contribution in [2.24, 2.45) is 0 Å². The van der Waals surface area contributed by atoms with Gasteiger partial charge in [-0.05, 0) is 101 Å². The Morgan fingerprint density at radius 3 is 2.08 bits per heavy atom. The molecule has 1 aliphatic rings.